The van der Waals surface area contributed by atoms with Crippen molar-refractivity contribution in [3.8, 4) is 0 Å². The summed E-state index contributed by atoms with van der Waals surface area (Å²) in [6.07, 6.45) is -0.171. The predicted octanol–water partition coefficient (Wildman–Crippen LogP) is 3.76. The molecule has 0 aromatic heterocycles. The molecule has 0 aliphatic rings. The van der Waals surface area contributed by atoms with Crippen molar-refractivity contribution in [2.75, 3.05) is 0 Å². The van der Waals surface area contributed by atoms with E-state index in [1.807, 2.05) is 58.9 Å². The Morgan fingerprint density at radius 2 is 1.04 bits per heavy atom. The molecule has 2 unspecified atom stereocenters. The van der Waals surface area contributed by atoms with E-state index in [-0.39, 0.29) is 6.42 Å². The van der Waals surface area contributed by atoms with Gasteiger partial charge in [0, 0.05) is 0 Å². The van der Waals surface area contributed by atoms with Gasteiger partial charge in [-0.25, -0.2) is 0 Å². The molecule has 0 bridgehead atoms. The quantitative estimate of drug-likeness (QED) is 0.571. The van der Waals surface area contributed by atoms with Crippen LogP contribution in [-0.4, -0.2) is 42.9 Å². The van der Waals surface area contributed by atoms with Crippen molar-refractivity contribution in [1.29, 1.82) is 0 Å². The molecule has 0 fully saturated rings. The van der Waals surface area contributed by atoms with Gasteiger partial charge in [-0.15, -0.1) is 0 Å². The van der Waals surface area contributed by atoms with Gasteiger partial charge in [-0.3, -0.25) is 14.4 Å². The highest BCUT2D eigenvalue weighted by molar-refractivity contribution is 6.72. The van der Waals surface area contributed by atoms with Crippen LogP contribution in [0.3, 0.4) is 0 Å². The third kappa shape index (κ3) is 11.3. The molecule has 0 saturated heterocycles. The van der Waals surface area contributed by atoms with Crippen molar-refractivity contribution >= 4 is 42.9 Å². The van der Waals surface area contributed by atoms with Crippen LogP contribution in [-0.2, 0) is 27.7 Å². The molecule has 0 amide bonds. The second-order valence-electron chi connectivity index (χ2n) is 9.25. The lowest BCUT2D eigenvalue weighted by atomic mass is 9.91. The molecule has 25 heavy (non-hydrogen) atoms. The summed E-state index contributed by atoms with van der Waals surface area (Å²) in [6, 6.07) is 0. The summed E-state index contributed by atoms with van der Waals surface area (Å²) >= 11 is 0. The Kier molecular flexibility index (Phi) is 8.31. The van der Waals surface area contributed by atoms with Crippen LogP contribution in [0.1, 0.15) is 13.3 Å². The number of hydrogen-bond donors (Lipinski definition) is 0. The fourth-order valence-electron chi connectivity index (χ4n) is 1.96. The van der Waals surface area contributed by atoms with Gasteiger partial charge in [0.25, 0.3) is 17.9 Å². The zero-order valence-corrected chi connectivity index (χ0v) is 20.3. The Labute approximate surface area is 155 Å². The smallest absolute Gasteiger partial charge is 0.297 e. The van der Waals surface area contributed by atoms with Gasteiger partial charge in [-0.05, 0) is 58.9 Å². The Bertz CT molecular complexity index is 499. The van der Waals surface area contributed by atoms with E-state index in [1.165, 1.54) is 0 Å². The molecule has 0 heterocycles. The van der Waals surface area contributed by atoms with E-state index in [2.05, 4.69) is 0 Å². The SMILES string of the molecule is CC(C(=O)O[Si](C)(C)C)C(CC(=O)O[Si](C)(C)C)C(=O)O[Si](C)(C)C. The van der Waals surface area contributed by atoms with E-state index < -0.39 is 54.7 Å². The summed E-state index contributed by atoms with van der Waals surface area (Å²) in [5, 5.41) is 0. The molecule has 0 N–H and O–H groups in total. The van der Waals surface area contributed by atoms with Crippen molar-refractivity contribution in [2.45, 2.75) is 72.3 Å². The first-order chi connectivity index (χ1) is 10.9. The van der Waals surface area contributed by atoms with Crippen LogP contribution in [0, 0.1) is 11.8 Å². The lowest BCUT2D eigenvalue weighted by Crippen LogP contribution is -2.41. The lowest BCUT2D eigenvalue weighted by molar-refractivity contribution is -0.154. The molecule has 2 atom stereocenters. The van der Waals surface area contributed by atoms with Crippen LogP contribution in [0.4, 0.5) is 0 Å². The molecule has 6 nitrogen and oxygen atoms in total. The Morgan fingerprint density at radius 3 is 1.40 bits per heavy atom. The van der Waals surface area contributed by atoms with E-state index in [4.69, 9.17) is 13.3 Å². The van der Waals surface area contributed by atoms with Gasteiger partial charge < -0.3 is 13.3 Å². The van der Waals surface area contributed by atoms with Crippen molar-refractivity contribution < 1.29 is 27.7 Å². The van der Waals surface area contributed by atoms with Crippen LogP contribution in [0.25, 0.3) is 0 Å². The van der Waals surface area contributed by atoms with Gasteiger partial charge in [0.2, 0.25) is 25.0 Å². The number of carbonyl (C=O) groups excluding carboxylic acids is 3. The number of hydrogen-bond acceptors (Lipinski definition) is 6. The van der Waals surface area contributed by atoms with E-state index in [0.717, 1.165) is 0 Å². The fourth-order valence-corrected chi connectivity index (χ4v) is 4.27. The molecular weight excluding hydrogens is 372 g/mol. The summed E-state index contributed by atoms with van der Waals surface area (Å²) in [5.41, 5.74) is 0. The second-order valence-corrected chi connectivity index (χ2v) is 22.5. The molecule has 0 rings (SSSR count). The summed E-state index contributed by atoms with van der Waals surface area (Å²) in [6.45, 7) is 18.6. The van der Waals surface area contributed by atoms with Gasteiger partial charge in [-0.1, -0.05) is 6.92 Å². The Hall–Kier alpha value is -0.939. The number of carbonyl (C=O) groups is 3. The van der Waals surface area contributed by atoms with Crippen LogP contribution >= 0.6 is 0 Å². The predicted molar refractivity (Wildman–Crippen MR) is 106 cm³/mol. The van der Waals surface area contributed by atoms with Crippen molar-refractivity contribution in [2.24, 2.45) is 11.8 Å². The molecule has 0 saturated carbocycles. The van der Waals surface area contributed by atoms with Gasteiger partial charge >= 0.3 is 0 Å². The maximum absolute atomic E-state index is 12.6. The first kappa shape index (κ1) is 24.1. The van der Waals surface area contributed by atoms with Crippen molar-refractivity contribution in [1.82, 2.24) is 0 Å². The largest absolute Gasteiger partial charge is 0.520 e. The lowest BCUT2D eigenvalue weighted by Gasteiger charge is -2.28. The van der Waals surface area contributed by atoms with E-state index >= 15 is 0 Å². The highest BCUT2D eigenvalue weighted by Gasteiger charge is 2.38. The van der Waals surface area contributed by atoms with Crippen LogP contribution < -0.4 is 0 Å². The van der Waals surface area contributed by atoms with Crippen molar-refractivity contribution in [3.05, 3.63) is 0 Å². The van der Waals surface area contributed by atoms with Gasteiger partial charge in [0.05, 0.1) is 18.3 Å². The number of rotatable bonds is 8. The minimum Gasteiger partial charge on any atom is -0.520 e. The minimum absolute atomic E-state index is 0.171. The summed E-state index contributed by atoms with van der Waals surface area (Å²) in [4.78, 5) is 37.2. The molecule has 0 aliphatic carbocycles. The van der Waals surface area contributed by atoms with E-state index in [1.54, 1.807) is 6.92 Å². The van der Waals surface area contributed by atoms with Crippen LogP contribution in [0.2, 0.25) is 58.9 Å². The third-order valence-electron chi connectivity index (χ3n) is 2.90. The Morgan fingerprint density at radius 1 is 0.680 bits per heavy atom. The molecule has 0 aromatic carbocycles. The molecule has 0 radical (unpaired) electrons. The molecular formula is C16H34O6Si3. The first-order valence-corrected chi connectivity index (χ1v) is 18.8. The average Bonchev–Trinajstić information content (AvgIpc) is 2.28. The molecule has 9 heteroatoms. The fraction of sp³-hybridized carbons (Fsp3) is 0.812. The van der Waals surface area contributed by atoms with Gasteiger partial charge in [0.1, 0.15) is 0 Å². The van der Waals surface area contributed by atoms with E-state index in [9.17, 15) is 14.4 Å². The highest BCUT2D eigenvalue weighted by atomic mass is 28.4. The summed E-state index contributed by atoms with van der Waals surface area (Å²) in [7, 11) is -6.31. The van der Waals surface area contributed by atoms with E-state index in [0.29, 0.717) is 0 Å². The zero-order valence-electron chi connectivity index (χ0n) is 17.3. The third-order valence-corrected chi connectivity index (χ3v) is 5.37. The summed E-state index contributed by atoms with van der Waals surface area (Å²) in [5.74, 6) is -3.10. The molecule has 146 valence electrons. The standard InChI is InChI=1S/C16H34O6Si3/c1-12(15(18)21-24(5,6)7)13(16(19)22-25(8,9)10)11-14(17)20-23(2,3)4/h12-13H,11H2,1-10H3. The average molecular weight is 407 g/mol. The molecule has 0 aliphatic heterocycles. The first-order valence-electron chi connectivity index (χ1n) is 8.59. The van der Waals surface area contributed by atoms with Gasteiger partial charge in [0.15, 0.2) is 0 Å². The molecule has 0 aromatic rings. The maximum Gasteiger partial charge on any atom is 0.297 e. The topological polar surface area (TPSA) is 78.9 Å². The monoisotopic (exact) mass is 406 g/mol. The Balaban J connectivity index is 5.35. The zero-order chi connectivity index (χ0) is 20.2. The normalized spacial score (nSPS) is 15.1. The van der Waals surface area contributed by atoms with Crippen LogP contribution in [0.5, 0.6) is 0 Å². The molecule has 0 spiro atoms. The highest BCUT2D eigenvalue weighted by Crippen LogP contribution is 2.24. The maximum atomic E-state index is 12.6. The minimum atomic E-state index is -2.14. The van der Waals surface area contributed by atoms with Crippen molar-refractivity contribution in [3.63, 3.8) is 0 Å². The van der Waals surface area contributed by atoms with Crippen LogP contribution in [0.15, 0.2) is 0 Å². The second kappa shape index (κ2) is 8.63. The van der Waals surface area contributed by atoms with Gasteiger partial charge in [-0.2, -0.15) is 0 Å². The summed E-state index contributed by atoms with van der Waals surface area (Å²) < 4.78 is 16.5.